The molecule has 0 fully saturated rings. The molecular formula is C17H27NO5. The highest BCUT2D eigenvalue weighted by molar-refractivity contribution is 5.66. The molecule has 0 saturated carbocycles. The normalized spacial score (nSPS) is 11.0. The maximum Gasteiger partial charge on any atom is 0.407 e. The molecule has 23 heavy (non-hydrogen) atoms. The van der Waals surface area contributed by atoms with Gasteiger partial charge in [0.15, 0.2) is 0 Å². The molecule has 0 unspecified atom stereocenters. The third kappa shape index (κ3) is 8.30. The Bertz CT molecular complexity index is 459. The second-order valence-corrected chi connectivity index (χ2v) is 5.53. The molecule has 0 heterocycles. The molecule has 1 aromatic rings. The second kappa shape index (κ2) is 9.94. The maximum absolute atomic E-state index is 11.1. The van der Waals surface area contributed by atoms with E-state index in [1.807, 2.05) is 38.1 Å². The lowest BCUT2D eigenvalue weighted by Gasteiger charge is -2.22. The first-order chi connectivity index (χ1) is 11.0. The van der Waals surface area contributed by atoms with Gasteiger partial charge in [0.1, 0.15) is 18.1 Å². The number of benzene rings is 1. The number of hydrogen-bond acceptors (Lipinski definition) is 5. The molecular weight excluding hydrogens is 298 g/mol. The number of rotatable bonds is 10. The van der Waals surface area contributed by atoms with E-state index in [2.05, 4.69) is 5.32 Å². The van der Waals surface area contributed by atoms with E-state index in [-0.39, 0.29) is 5.60 Å². The van der Waals surface area contributed by atoms with E-state index >= 15 is 0 Å². The van der Waals surface area contributed by atoms with E-state index in [0.29, 0.717) is 26.4 Å². The number of alkyl carbamates (subject to hydrolysis) is 1. The number of ether oxygens (including phenoxy) is 4. The molecule has 0 atom stereocenters. The van der Waals surface area contributed by atoms with Crippen LogP contribution in [0.5, 0.6) is 11.5 Å². The summed E-state index contributed by atoms with van der Waals surface area (Å²) in [6.07, 6.45) is 0.375. The fraction of sp³-hybridized carbons (Fsp3) is 0.588. The van der Waals surface area contributed by atoms with Crippen molar-refractivity contribution in [2.24, 2.45) is 0 Å². The molecule has 6 heteroatoms. The van der Waals surface area contributed by atoms with Crippen LogP contribution in [0.3, 0.4) is 0 Å². The van der Waals surface area contributed by atoms with Crippen molar-refractivity contribution < 1.29 is 23.7 Å². The zero-order valence-corrected chi connectivity index (χ0v) is 14.4. The Balaban J connectivity index is 2.24. The van der Waals surface area contributed by atoms with Gasteiger partial charge in [-0.05, 0) is 45.0 Å². The zero-order valence-electron chi connectivity index (χ0n) is 14.4. The summed E-state index contributed by atoms with van der Waals surface area (Å²) >= 11 is 0. The minimum Gasteiger partial charge on any atom is -0.493 e. The van der Waals surface area contributed by atoms with Crippen molar-refractivity contribution in [3.8, 4) is 11.5 Å². The van der Waals surface area contributed by atoms with E-state index in [4.69, 9.17) is 18.9 Å². The van der Waals surface area contributed by atoms with E-state index in [1.54, 1.807) is 14.0 Å². The Hall–Kier alpha value is -1.95. The molecule has 0 saturated heterocycles. The van der Waals surface area contributed by atoms with Crippen LogP contribution in [-0.4, -0.2) is 45.2 Å². The predicted octanol–water partition coefficient (Wildman–Crippen LogP) is 3.01. The number of amides is 1. The highest BCUT2D eigenvalue weighted by Gasteiger charge is 2.15. The quantitative estimate of drug-likeness (QED) is 0.670. The van der Waals surface area contributed by atoms with Crippen molar-refractivity contribution in [1.29, 1.82) is 0 Å². The van der Waals surface area contributed by atoms with Crippen molar-refractivity contribution in [3.05, 3.63) is 24.3 Å². The molecule has 0 aromatic heterocycles. The smallest absolute Gasteiger partial charge is 0.407 e. The molecule has 0 spiro atoms. The van der Waals surface area contributed by atoms with Crippen molar-refractivity contribution in [3.63, 3.8) is 0 Å². The lowest BCUT2D eigenvalue weighted by Crippen LogP contribution is -2.28. The average molecular weight is 325 g/mol. The van der Waals surface area contributed by atoms with Crippen molar-refractivity contribution in [2.45, 2.75) is 32.8 Å². The first kappa shape index (κ1) is 19.1. The van der Waals surface area contributed by atoms with Gasteiger partial charge in [0.25, 0.3) is 0 Å². The number of carbonyl (C=O) groups excluding carboxylic acids is 1. The van der Waals surface area contributed by atoms with Crippen LogP contribution in [-0.2, 0) is 9.47 Å². The molecule has 1 aromatic carbocycles. The summed E-state index contributed by atoms with van der Waals surface area (Å²) in [4.78, 5) is 11.1. The third-order valence-electron chi connectivity index (χ3n) is 3.26. The minimum absolute atomic E-state index is 0.186. The van der Waals surface area contributed by atoms with Gasteiger partial charge < -0.3 is 24.3 Å². The first-order valence-electron chi connectivity index (χ1n) is 7.78. The Morgan fingerprint density at radius 1 is 1.09 bits per heavy atom. The summed E-state index contributed by atoms with van der Waals surface area (Å²) in [5.41, 5.74) is -0.186. The molecule has 0 aliphatic rings. The van der Waals surface area contributed by atoms with Crippen molar-refractivity contribution in [2.75, 3.05) is 33.5 Å². The fourth-order valence-corrected chi connectivity index (χ4v) is 1.65. The number of methoxy groups -OCH3 is 1. The largest absolute Gasteiger partial charge is 0.493 e. The van der Waals surface area contributed by atoms with E-state index in [1.165, 1.54) is 0 Å². The average Bonchev–Trinajstić information content (AvgIpc) is 2.53. The van der Waals surface area contributed by atoms with Gasteiger partial charge in [-0.1, -0.05) is 0 Å². The number of carbonyl (C=O) groups is 1. The predicted molar refractivity (Wildman–Crippen MR) is 88.2 cm³/mol. The summed E-state index contributed by atoms with van der Waals surface area (Å²) in [6, 6.07) is 7.38. The molecule has 6 nitrogen and oxygen atoms in total. The summed E-state index contributed by atoms with van der Waals surface area (Å²) in [5, 5.41) is 2.59. The highest BCUT2D eigenvalue weighted by atomic mass is 16.5. The van der Waals surface area contributed by atoms with Crippen LogP contribution in [0.2, 0.25) is 0 Å². The molecule has 130 valence electrons. The first-order valence-corrected chi connectivity index (χ1v) is 7.78. The Labute approximate surface area is 138 Å². The summed E-state index contributed by atoms with van der Waals surface area (Å²) in [7, 11) is 1.70. The summed E-state index contributed by atoms with van der Waals surface area (Å²) in [6.45, 7) is 7.52. The van der Waals surface area contributed by atoms with Gasteiger partial charge >= 0.3 is 6.09 Å². The van der Waals surface area contributed by atoms with Gasteiger partial charge in [0.2, 0.25) is 0 Å². The molecule has 0 aliphatic carbocycles. The second-order valence-electron chi connectivity index (χ2n) is 5.53. The monoisotopic (exact) mass is 325 g/mol. The summed E-state index contributed by atoms with van der Waals surface area (Å²) in [5.74, 6) is 1.51. The van der Waals surface area contributed by atoms with Crippen molar-refractivity contribution in [1.82, 2.24) is 5.32 Å². The molecule has 1 amide bonds. The van der Waals surface area contributed by atoms with E-state index < -0.39 is 6.09 Å². The van der Waals surface area contributed by atoms with Gasteiger partial charge in [-0.3, -0.25) is 0 Å². The SMILES string of the molecule is CCOC(=O)NCCOc1ccc(OCCC(C)(C)OC)cc1. The van der Waals surface area contributed by atoms with Crippen LogP contribution in [0, 0.1) is 0 Å². The van der Waals surface area contributed by atoms with Crippen LogP contribution in [0.15, 0.2) is 24.3 Å². The molecule has 1 rings (SSSR count). The van der Waals surface area contributed by atoms with Gasteiger partial charge in [-0.2, -0.15) is 0 Å². The van der Waals surface area contributed by atoms with Crippen LogP contribution >= 0.6 is 0 Å². The molecule has 0 bridgehead atoms. The Kier molecular flexibility index (Phi) is 8.26. The van der Waals surface area contributed by atoms with Gasteiger partial charge in [0, 0.05) is 13.5 Å². The van der Waals surface area contributed by atoms with Crippen LogP contribution in [0.4, 0.5) is 4.79 Å². The highest BCUT2D eigenvalue weighted by Crippen LogP contribution is 2.19. The van der Waals surface area contributed by atoms with E-state index in [0.717, 1.165) is 17.9 Å². The van der Waals surface area contributed by atoms with Crippen molar-refractivity contribution >= 4 is 6.09 Å². The van der Waals surface area contributed by atoms with Crippen LogP contribution in [0.25, 0.3) is 0 Å². The molecule has 0 radical (unpaired) electrons. The topological polar surface area (TPSA) is 66.0 Å². The van der Waals surface area contributed by atoms with E-state index in [9.17, 15) is 4.79 Å². The Morgan fingerprint density at radius 3 is 2.17 bits per heavy atom. The molecule has 0 aliphatic heterocycles. The number of nitrogens with one attached hydrogen (secondary N) is 1. The van der Waals surface area contributed by atoms with Gasteiger partial charge in [-0.15, -0.1) is 0 Å². The standard InChI is InChI=1S/C17H27NO5/c1-5-21-16(19)18-11-13-23-15-8-6-14(7-9-15)22-12-10-17(2,3)20-4/h6-9H,5,10-13H2,1-4H3,(H,18,19). The lowest BCUT2D eigenvalue weighted by molar-refractivity contribution is 0.00545. The number of hydrogen-bond donors (Lipinski definition) is 1. The fourth-order valence-electron chi connectivity index (χ4n) is 1.65. The maximum atomic E-state index is 11.1. The zero-order chi connectivity index (χ0) is 17.1. The van der Waals surface area contributed by atoms with Crippen LogP contribution < -0.4 is 14.8 Å². The lowest BCUT2D eigenvalue weighted by atomic mass is 10.1. The van der Waals surface area contributed by atoms with Gasteiger partial charge in [0.05, 0.1) is 25.4 Å². The summed E-state index contributed by atoms with van der Waals surface area (Å²) < 4.78 is 21.3. The molecule has 1 N–H and O–H groups in total. The van der Waals surface area contributed by atoms with Crippen LogP contribution in [0.1, 0.15) is 27.2 Å². The Morgan fingerprint density at radius 2 is 1.65 bits per heavy atom. The minimum atomic E-state index is -0.432. The van der Waals surface area contributed by atoms with Gasteiger partial charge in [-0.25, -0.2) is 4.79 Å². The third-order valence-corrected chi connectivity index (χ3v) is 3.26.